The van der Waals surface area contributed by atoms with E-state index in [1.807, 2.05) is 54.6 Å². The van der Waals surface area contributed by atoms with Crippen molar-refractivity contribution >= 4 is 11.0 Å². The van der Waals surface area contributed by atoms with Gasteiger partial charge in [0, 0.05) is 18.5 Å². The highest BCUT2D eigenvalue weighted by Gasteiger charge is 2.25. The van der Waals surface area contributed by atoms with Crippen LogP contribution in [0.25, 0.3) is 22.1 Å². The molecule has 168 valence electrons. The van der Waals surface area contributed by atoms with Gasteiger partial charge in [-0.2, -0.15) is 0 Å². The SMILES string of the molecule is CN1CCCCC1CC(Oc1ccc2c(=O)c(-c3ccccc3)coc2c1)c1ccccc1. The summed E-state index contributed by atoms with van der Waals surface area (Å²) in [6.45, 7) is 1.14. The van der Waals surface area contributed by atoms with Gasteiger partial charge in [0.05, 0.1) is 10.9 Å². The van der Waals surface area contributed by atoms with Gasteiger partial charge in [-0.15, -0.1) is 0 Å². The number of hydrogen-bond donors (Lipinski definition) is 0. The van der Waals surface area contributed by atoms with Gasteiger partial charge in [0.25, 0.3) is 0 Å². The Balaban J connectivity index is 1.44. The van der Waals surface area contributed by atoms with Crippen LogP contribution in [0.4, 0.5) is 0 Å². The summed E-state index contributed by atoms with van der Waals surface area (Å²) in [5.41, 5.74) is 3.10. The van der Waals surface area contributed by atoms with Gasteiger partial charge in [0.1, 0.15) is 23.7 Å². The van der Waals surface area contributed by atoms with Crippen molar-refractivity contribution in [2.45, 2.75) is 37.8 Å². The molecule has 5 rings (SSSR count). The molecule has 0 bridgehead atoms. The fourth-order valence-corrected chi connectivity index (χ4v) is 4.77. The molecule has 3 aromatic carbocycles. The van der Waals surface area contributed by atoms with Crippen LogP contribution in [0.15, 0.2) is 94.3 Å². The van der Waals surface area contributed by atoms with Crippen molar-refractivity contribution in [3.63, 3.8) is 0 Å². The van der Waals surface area contributed by atoms with E-state index in [0.717, 1.165) is 24.1 Å². The number of nitrogens with zero attached hydrogens (tertiary/aromatic N) is 1. The zero-order valence-corrected chi connectivity index (χ0v) is 18.9. The molecule has 33 heavy (non-hydrogen) atoms. The quantitative estimate of drug-likeness (QED) is 0.346. The average molecular weight is 440 g/mol. The van der Waals surface area contributed by atoms with E-state index in [4.69, 9.17) is 9.15 Å². The van der Waals surface area contributed by atoms with Crippen molar-refractivity contribution in [1.82, 2.24) is 4.90 Å². The van der Waals surface area contributed by atoms with Crippen LogP contribution in [0.1, 0.15) is 37.4 Å². The van der Waals surface area contributed by atoms with Gasteiger partial charge in [-0.05, 0) is 49.7 Å². The molecule has 1 aromatic heterocycles. The molecule has 0 amide bonds. The summed E-state index contributed by atoms with van der Waals surface area (Å²) in [5, 5.41) is 0.562. The lowest BCUT2D eigenvalue weighted by atomic mass is 9.94. The molecule has 0 aliphatic carbocycles. The van der Waals surface area contributed by atoms with Crippen LogP contribution in [0.2, 0.25) is 0 Å². The Morgan fingerprint density at radius 3 is 2.52 bits per heavy atom. The van der Waals surface area contributed by atoms with Crippen molar-refractivity contribution in [1.29, 1.82) is 0 Å². The second-order valence-corrected chi connectivity index (χ2v) is 8.89. The number of benzene rings is 3. The van der Waals surface area contributed by atoms with Crippen LogP contribution in [0.3, 0.4) is 0 Å². The van der Waals surface area contributed by atoms with Crippen molar-refractivity contribution < 1.29 is 9.15 Å². The van der Waals surface area contributed by atoms with Gasteiger partial charge in [-0.3, -0.25) is 4.79 Å². The normalized spacial score (nSPS) is 17.7. The second-order valence-electron chi connectivity index (χ2n) is 8.89. The maximum atomic E-state index is 13.1. The molecule has 0 radical (unpaired) electrons. The Kier molecular flexibility index (Phi) is 6.27. The maximum Gasteiger partial charge on any atom is 0.200 e. The van der Waals surface area contributed by atoms with Crippen LogP contribution in [-0.4, -0.2) is 24.5 Å². The van der Waals surface area contributed by atoms with E-state index in [-0.39, 0.29) is 11.5 Å². The molecule has 1 saturated heterocycles. The summed E-state index contributed by atoms with van der Waals surface area (Å²) in [7, 11) is 2.21. The van der Waals surface area contributed by atoms with Crippen molar-refractivity contribution in [2.24, 2.45) is 0 Å². The van der Waals surface area contributed by atoms with Gasteiger partial charge in [-0.1, -0.05) is 67.1 Å². The number of rotatable bonds is 6. The minimum absolute atomic E-state index is 0.0301. The van der Waals surface area contributed by atoms with E-state index < -0.39 is 0 Å². The zero-order chi connectivity index (χ0) is 22.6. The Hall–Kier alpha value is -3.37. The molecule has 2 atom stereocenters. The predicted molar refractivity (Wildman–Crippen MR) is 133 cm³/mol. The maximum absolute atomic E-state index is 13.1. The topological polar surface area (TPSA) is 42.7 Å². The Morgan fingerprint density at radius 1 is 1.00 bits per heavy atom. The number of likely N-dealkylation sites (tertiary alicyclic amines) is 1. The van der Waals surface area contributed by atoms with E-state index in [1.54, 1.807) is 6.26 Å². The zero-order valence-electron chi connectivity index (χ0n) is 18.9. The minimum Gasteiger partial charge on any atom is -0.486 e. The van der Waals surface area contributed by atoms with Crippen LogP contribution in [0.5, 0.6) is 5.75 Å². The van der Waals surface area contributed by atoms with Gasteiger partial charge in [0.15, 0.2) is 5.43 Å². The van der Waals surface area contributed by atoms with Gasteiger partial charge < -0.3 is 14.1 Å². The summed E-state index contributed by atoms with van der Waals surface area (Å²) in [5.74, 6) is 0.713. The Labute approximate surface area is 194 Å². The lowest BCUT2D eigenvalue weighted by molar-refractivity contribution is 0.109. The summed E-state index contributed by atoms with van der Waals surface area (Å²) in [6, 6.07) is 26.0. The standard InChI is InChI=1S/C29H29NO3/c1-30-17-9-8-14-23(30)18-27(22-12-6-3-7-13-22)33-24-15-16-25-28(19-24)32-20-26(29(25)31)21-10-4-2-5-11-21/h2-7,10-13,15-16,19-20,23,27H,8-9,14,17-18H2,1H3. The molecule has 0 saturated carbocycles. The third kappa shape index (κ3) is 4.71. The highest BCUT2D eigenvalue weighted by atomic mass is 16.5. The van der Waals surface area contributed by atoms with Gasteiger partial charge in [0.2, 0.25) is 0 Å². The number of hydrogen-bond acceptors (Lipinski definition) is 4. The molecular formula is C29H29NO3. The monoisotopic (exact) mass is 439 g/mol. The van der Waals surface area contributed by atoms with E-state index in [9.17, 15) is 4.79 Å². The lowest BCUT2D eigenvalue weighted by Gasteiger charge is -2.35. The van der Waals surface area contributed by atoms with Crippen molar-refractivity contribution in [3.8, 4) is 16.9 Å². The van der Waals surface area contributed by atoms with E-state index >= 15 is 0 Å². The first-order valence-electron chi connectivity index (χ1n) is 11.7. The first-order valence-corrected chi connectivity index (χ1v) is 11.7. The summed E-state index contributed by atoms with van der Waals surface area (Å²) < 4.78 is 12.4. The van der Waals surface area contributed by atoms with E-state index in [2.05, 4.69) is 36.2 Å². The summed E-state index contributed by atoms with van der Waals surface area (Å²) >= 11 is 0. The average Bonchev–Trinajstić information content (AvgIpc) is 2.86. The molecule has 2 unspecified atom stereocenters. The molecular weight excluding hydrogens is 410 g/mol. The first kappa shape index (κ1) is 21.5. The molecule has 1 aliphatic heterocycles. The van der Waals surface area contributed by atoms with Crippen molar-refractivity contribution in [3.05, 3.63) is 101 Å². The highest BCUT2D eigenvalue weighted by molar-refractivity contribution is 5.82. The van der Waals surface area contributed by atoms with Crippen LogP contribution >= 0.6 is 0 Å². The number of fused-ring (bicyclic) bond motifs is 1. The molecule has 2 heterocycles. The summed E-state index contributed by atoms with van der Waals surface area (Å²) in [4.78, 5) is 15.5. The largest absolute Gasteiger partial charge is 0.486 e. The van der Waals surface area contributed by atoms with Crippen LogP contribution in [-0.2, 0) is 0 Å². The minimum atomic E-state index is -0.0653. The lowest BCUT2D eigenvalue weighted by Crippen LogP contribution is -2.37. The molecule has 1 aliphatic rings. The van der Waals surface area contributed by atoms with Crippen LogP contribution < -0.4 is 10.2 Å². The molecule has 1 fully saturated rings. The van der Waals surface area contributed by atoms with Crippen LogP contribution in [0, 0.1) is 0 Å². The van der Waals surface area contributed by atoms with E-state index in [0.29, 0.717) is 28.3 Å². The molecule has 4 nitrogen and oxygen atoms in total. The smallest absolute Gasteiger partial charge is 0.200 e. The third-order valence-electron chi connectivity index (χ3n) is 6.69. The first-order chi connectivity index (χ1) is 16.2. The third-order valence-corrected chi connectivity index (χ3v) is 6.69. The fourth-order valence-electron chi connectivity index (χ4n) is 4.77. The van der Waals surface area contributed by atoms with E-state index in [1.165, 1.54) is 19.3 Å². The summed E-state index contributed by atoms with van der Waals surface area (Å²) in [6.07, 6.45) is 6.13. The molecule has 0 N–H and O–H groups in total. The molecule has 0 spiro atoms. The molecule has 4 aromatic rings. The van der Waals surface area contributed by atoms with Crippen molar-refractivity contribution in [2.75, 3.05) is 13.6 Å². The van der Waals surface area contributed by atoms with Gasteiger partial charge >= 0.3 is 0 Å². The molecule has 4 heteroatoms. The van der Waals surface area contributed by atoms with Gasteiger partial charge in [-0.25, -0.2) is 0 Å². The fraction of sp³-hybridized carbons (Fsp3) is 0.276. The second kappa shape index (κ2) is 9.63. The highest BCUT2D eigenvalue weighted by Crippen LogP contribution is 2.32. The Bertz CT molecular complexity index is 1270. The number of ether oxygens (including phenoxy) is 1. The number of piperidine rings is 1. The Morgan fingerprint density at radius 2 is 1.76 bits per heavy atom. The predicted octanol–water partition coefficient (Wildman–Crippen LogP) is 6.45.